The molecule has 6 nitrogen and oxygen atoms in total. The summed E-state index contributed by atoms with van der Waals surface area (Å²) >= 11 is 1.13. The second-order valence-corrected chi connectivity index (χ2v) is 6.70. The number of anilines is 2. The van der Waals surface area contributed by atoms with Gasteiger partial charge in [0, 0.05) is 17.9 Å². The number of nitrogens with zero attached hydrogens (tertiary/aromatic N) is 1. The molecule has 0 fully saturated rings. The third kappa shape index (κ3) is 4.79. The number of carboxylic acid groups (broad SMARTS) is 1. The SMILES string of the molecule is CCOC(=O)C(CC)(CCC(=O)O)c1csc(Nc2ccc(F)cc2F)n1. The summed E-state index contributed by atoms with van der Waals surface area (Å²) in [5, 5.41) is 13.7. The van der Waals surface area contributed by atoms with E-state index in [-0.39, 0.29) is 25.1 Å². The maximum atomic E-state index is 13.8. The second kappa shape index (κ2) is 8.90. The number of carbonyl (C=O) groups is 2. The van der Waals surface area contributed by atoms with Crippen molar-refractivity contribution in [3.63, 3.8) is 0 Å². The molecule has 27 heavy (non-hydrogen) atoms. The zero-order valence-corrected chi connectivity index (χ0v) is 15.7. The van der Waals surface area contributed by atoms with Crippen molar-refractivity contribution in [1.29, 1.82) is 0 Å². The van der Waals surface area contributed by atoms with Gasteiger partial charge in [-0.3, -0.25) is 9.59 Å². The molecule has 0 saturated carbocycles. The van der Waals surface area contributed by atoms with Crippen LogP contribution in [0, 0.1) is 11.6 Å². The molecule has 1 unspecified atom stereocenters. The molecule has 0 radical (unpaired) electrons. The van der Waals surface area contributed by atoms with Crippen LogP contribution in [0.1, 0.15) is 38.8 Å². The number of ether oxygens (including phenoxy) is 1. The number of rotatable bonds is 9. The van der Waals surface area contributed by atoms with E-state index in [0.29, 0.717) is 17.2 Å². The van der Waals surface area contributed by atoms with Crippen LogP contribution in [-0.2, 0) is 19.7 Å². The smallest absolute Gasteiger partial charge is 0.318 e. The minimum atomic E-state index is -1.20. The van der Waals surface area contributed by atoms with E-state index in [1.807, 2.05) is 0 Å². The van der Waals surface area contributed by atoms with E-state index in [9.17, 15) is 18.4 Å². The normalized spacial score (nSPS) is 13.0. The highest BCUT2D eigenvalue weighted by Crippen LogP contribution is 2.37. The van der Waals surface area contributed by atoms with Crippen molar-refractivity contribution in [3.05, 3.63) is 40.9 Å². The minimum absolute atomic E-state index is 0.0335. The molecule has 0 aliphatic rings. The van der Waals surface area contributed by atoms with E-state index in [1.165, 1.54) is 6.07 Å². The lowest BCUT2D eigenvalue weighted by molar-refractivity contribution is -0.151. The van der Waals surface area contributed by atoms with Crippen LogP contribution in [-0.4, -0.2) is 28.6 Å². The summed E-state index contributed by atoms with van der Waals surface area (Å²) in [6.07, 6.45) is 0.110. The van der Waals surface area contributed by atoms with Crippen LogP contribution >= 0.6 is 11.3 Å². The van der Waals surface area contributed by atoms with Crippen LogP contribution in [0.3, 0.4) is 0 Å². The van der Waals surface area contributed by atoms with Gasteiger partial charge in [-0.15, -0.1) is 11.3 Å². The number of aromatic nitrogens is 1. The summed E-state index contributed by atoms with van der Waals surface area (Å²) in [6.45, 7) is 3.58. The fourth-order valence-corrected chi connectivity index (χ4v) is 3.50. The first kappa shape index (κ1) is 20.8. The van der Waals surface area contributed by atoms with Crippen LogP contribution < -0.4 is 5.32 Å². The molecule has 1 atom stereocenters. The number of hydrogen-bond acceptors (Lipinski definition) is 6. The molecule has 9 heteroatoms. The number of aliphatic carboxylic acids is 1. The molecule has 0 spiro atoms. The number of carbonyl (C=O) groups excluding carboxylic acids is 1. The van der Waals surface area contributed by atoms with E-state index < -0.39 is 29.0 Å². The molecule has 1 aromatic heterocycles. The molecule has 1 aromatic carbocycles. The Morgan fingerprint density at radius 1 is 1.33 bits per heavy atom. The monoisotopic (exact) mass is 398 g/mol. The van der Waals surface area contributed by atoms with Crippen molar-refractivity contribution in [3.8, 4) is 0 Å². The van der Waals surface area contributed by atoms with Crippen LogP contribution in [0.15, 0.2) is 23.6 Å². The highest BCUT2D eigenvalue weighted by molar-refractivity contribution is 7.13. The van der Waals surface area contributed by atoms with Gasteiger partial charge in [0.2, 0.25) is 0 Å². The van der Waals surface area contributed by atoms with Gasteiger partial charge in [0.15, 0.2) is 5.13 Å². The standard InChI is InChI=1S/C18H20F2N2O4S/c1-3-18(8-7-15(23)24,16(25)26-4-2)14-10-27-17(22-14)21-13-6-5-11(19)9-12(13)20/h5-6,9-10H,3-4,7-8H2,1-2H3,(H,21,22)(H,23,24). The molecule has 1 heterocycles. The van der Waals surface area contributed by atoms with Crippen LogP contribution in [0.5, 0.6) is 0 Å². The summed E-state index contributed by atoms with van der Waals surface area (Å²) in [6, 6.07) is 3.11. The number of carboxylic acids is 1. The topological polar surface area (TPSA) is 88.5 Å². The van der Waals surface area contributed by atoms with Gasteiger partial charge in [0.1, 0.15) is 17.0 Å². The molecule has 0 aliphatic carbocycles. The van der Waals surface area contributed by atoms with E-state index in [1.54, 1.807) is 19.2 Å². The largest absolute Gasteiger partial charge is 0.481 e. The molecule has 0 amide bonds. The maximum Gasteiger partial charge on any atom is 0.318 e. The lowest BCUT2D eigenvalue weighted by Crippen LogP contribution is -2.38. The number of halogens is 2. The molecule has 146 valence electrons. The molecular weight excluding hydrogens is 378 g/mol. The Balaban J connectivity index is 2.33. The van der Waals surface area contributed by atoms with Crippen molar-refractivity contribution in [1.82, 2.24) is 4.98 Å². The lowest BCUT2D eigenvalue weighted by Gasteiger charge is -2.28. The predicted molar refractivity (Wildman–Crippen MR) is 97.2 cm³/mol. The Labute approximate surface area is 159 Å². The van der Waals surface area contributed by atoms with Crippen molar-refractivity contribution in [2.24, 2.45) is 0 Å². The quantitative estimate of drug-likeness (QED) is 0.614. The Morgan fingerprint density at radius 2 is 2.07 bits per heavy atom. The van der Waals surface area contributed by atoms with Gasteiger partial charge in [0.25, 0.3) is 0 Å². The van der Waals surface area contributed by atoms with Gasteiger partial charge in [0.05, 0.1) is 18.0 Å². The number of nitrogens with one attached hydrogen (secondary N) is 1. The van der Waals surface area contributed by atoms with Gasteiger partial charge in [-0.25, -0.2) is 13.8 Å². The van der Waals surface area contributed by atoms with Gasteiger partial charge in [-0.2, -0.15) is 0 Å². The fraction of sp³-hybridized carbons (Fsp3) is 0.389. The maximum absolute atomic E-state index is 13.8. The third-order valence-corrected chi connectivity index (χ3v) is 4.96. The summed E-state index contributed by atoms with van der Waals surface area (Å²) in [5.74, 6) is -3.04. The lowest BCUT2D eigenvalue weighted by atomic mass is 9.78. The van der Waals surface area contributed by atoms with Crippen LogP contribution in [0.25, 0.3) is 0 Å². The summed E-state index contributed by atoms with van der Waals surface area (Å²) in [7, 11) is 0. The van der Waals surface area contributed by atoms with E-state index >= 15 is 0 Å². The van der Waals surface area contributed by atoms with Crippen LogP contribution in [0.4, 0.5) is 19.6 Å². The number of esters is 1. The van der Waals surface area contributed by atoms with E-state index in [0.717, 1.165) is 23.5 Å². The van der Waals surface area contributed by atoms with Crippen molar-refractivity contribution < 1.29 is 28.2 Å². The Bertz CT molecular complexity index is 827. The van der Waals surface area contributed by atoms with Gasteiger partial charge in [-0.05, 0) is 31.9 Å². The Hall–Kier alpha value is -2.55. The molecule has 0 bridgehead atoms. The average Bonchev–Trinajstić information content (AvgIpc) is 3.07. The first-order valence-electron chi connectivity index (χ1n) is 8.39. The molecule has 0 aliphatic heterocycles. The van der Waals surface area contributed by atoms with Crippen LogP contribution in [0.2, 0.25) is 0 Å². The number of hydrogen-bond donors (Lipinski definition) is 2. The third-order valence-electron chi connectivity index (χ3n) is 4.20. The molecular formula is C18H20F2N2O4S. The molecule has 2 rings (SSSR count). The van der Waals surface area contributed by atoms with Crippen molar-refractivity contribution >= 4 is 34.1 Å². The van der Waals surface area contributed by atoms with E-state index in [4.69, 9.17) is 9.84 Å². The van der Waals surface area contributed by atoms with Crippen molar-refractivity contribution in [2.75, 3.05) is 11.9 Å². The average molecular weight is 398 g/mol. The zero-order chi connectivity index (χ0) is 20.0. The predicted octanol–water partition coefficient (Wildman–Crippen LogP) is 4.24. The molecule has 2 aromatic rings. The van der Waals surface area contributed by atoms with Gasteiger partial charge >= 0.3 is 11.9 Å². The molecule has 0 saturated heterocycles. The number of benzene rings is 1. The zero-order valence-electron chi connectivity index (χ0n) is 14.9. The first-order chi connectivity index (χ1) is 12.8. The first-order valence-corrected chi connectivity index (χ1v) is 9.27. The number of thiazole rings is 1. The van der Waals surface area contributed by atoms with Gasteiger partial charge in [-0.1, -0.05) is 6.92 Å². The highest BCUT2D eigenvalue weighted by Gasteiger charge is 2.42. The van der Waals surface area contributed by atoms with Crippen molar-refractivity contribution in [2.45, 2.75) is 38.5 Å². The fourth-order valence-electron chi connectivity index (χ4n) is 2.68. The summed E-state index contributed by atoms with van der Waals surface area (Å²) < 4.78 is 32.0. The highest BCUT2D eigenvalue weighted by atomic mass is 32.1. The van der Waals surface area contributed by atoms with Gasteiger partial charge < -0.3 is 15.2 Å². The summed E-state index contributed by atoms with van der Waals surface area (Å²) in [4.78, 5) is 28.0. The Morgan fingerprint density at radius 3 is 2.67 bits per heavy atom. The molecule has 2 N–H and O–H groups in total. The second-order valence-electron chi connectivity index (χ2n) is 5.84. The van der Waals surface area contributed by atoms with E-state index in [2.05, 4.69) is 10.3 Å². The minimum Gasteiger partial charge on any atom is -0.481 e. The Kier molecular flexibility index (Phi) is 6.84. The summed E-state index contributed by atoms with van der Waals surface area (Å²) in [5.41, 5.74) is -0.799.